The van der Waals surface area contributed by atoms with E-state index in [1.807, 2.05) is 37.3 Å². The first-order chi connectivity index (χ1) is 15.2. The van der Waals surface area contributed by atoms with Gasteiger partial charge in [0.25, 0.3) is 5.56 Å². The van der Waals surface area contributed by atoms with Gasteiger partial charge < -0.3 is 9.88 Å². The van der Waals surface area contributed by atoms with E-state index in [4.69, 9.17) is 0 Å². The number of hydrogen-bond acceptors (Lipinski definition) is 4. The van der Waals surface area contributed by atoms with Gasteiger partial charge in [0.15, 0.2) is 0 Å². The number of carbonyl (C=O) groups excluding carboxylic acids is 1. The molecule has 0 spiro atoms. The fraction of sp³-hybridized carbons (Fsp3) is 0.280. The van der Waals surface area contributed by atoms with Gasteiger partial charge in [-0.25, -0.2) is 8.42 Å². The molecule has 7 heteroatoms. The number of benzene rings is 2. The fourth-order valence-electron chi connectivity index (χ4n) is 3.63. The molecule has 0 aliphatic heterocycles. The molecule has 1 heterocycles. The highest BCUT2D eigenvalue weighted by atomic mass is 32.2. The third-order valence-electron chi connectivity index (χ3n) is 5.36. The molecule has 168 valence electrons. The lowest BCUT2D eigenvalue weighted by molar-refractivity contribution is -0.121. The van der Waals surface area contributed by atoms with E-state index in [1.54, 1.807) is 32.0 Å². The van der Waals surface area contributed by atoms with Crippen LogP contribution in [-0.4, -0.2) is 25.4 Å². The number of rotatable bonds is 8. The lowest BCUT2D eigenvalue weighted by Gasteiger charge is -2.15. The van der Waals surface area contributed by atoms with Crippen LogP contribution in [0, 0.1) is 20.8 Å². The maximum atomic E-state index is 13.2. The Morgan fingerprint density at radius 3 is 2.28 bits per heavy atom. The maximum Gasteiger partial charge on any atom is 0.270 e. The lowest BCUT2D eigenvalue weighted by Crippen LogP contribution is -2.36. The maximum absolute atomic E-state index is 13.2. The number of aromatic nitrogens is 1. The van der Waals surface area contributed by atoms with Gasteiger partial charge in [0, 0.05) is 12.2 Å². The molecule has 0 fully saturated rings. The van der Waals surface area contributed by atoms with Crippen molar-refractivity contribution in [2.75, 3.05) is 6.54 Å². The highest BCUT2D eigenvalue weighted by Crippen LogP contribution is 2.22. The molecule has 1 aromatic heterocycles. The number of aryl methyl sites for hydroxylation is 4. The second-order valence-electron chi connectivity index (χ2n) is 7.94. The standard InChI is InChI=1S/C25H28N2O4S/c1-18-11-13-22(14-12-18)32(30,31)24-19(2)16-20(3)27(25(24)29)17-23(28)26-15-7-10-21-8-5-4-6-9-21/h4-6,8-9,11-14,16H,7,10,15,17H2,1-3H3,(H,26,28). The molecule has 32 heavy (non-hydrogen) atoms. The van der Waals surface area contributed by atoms with Crippen LogP contribution >= 0.6 is 0 Å². The van der Waals surface area contributed by atoms with Crippen LogP contribution in [-0.2, 0) is 27.6 Å². The Morgan fingerprint density at radius 2 is 1.62 bits per heavy atom. The first kappa shape index (κ1) is 23.5. The van der Waals surface area contributed by atoms with Gasteiger partial charge in [-0.15, -0.1) is 0 Å². The van der Waals surface area contributed by atoms with E-state index >= 15 is 0 Å². The van der Waals surface area contributed by atoms with E-state index in [-0.39, 0.29) is 22.2 Å². The minimum absolute atomic E-state index is 0.0593. The minimum atomic E-state index is -4.01. The predicted octanol–water partition coefficient (Wildman–Crippen LogP) is 3.36. The molecular formula is C25H28N2O4S. The summed E-state index contributed by atoms with van der Waals surface area (Å²) >= 11 is 0. The first-order valence-corrected chi connectivity index (χ1v) is 12.0. The van der Waals surface area contributed by atoms with Crippen molar-refractivity contribution in [3.63, 3.8) is 0 Å². The summed E-state index contributed by atoms with van der Waals surface area (Å²) < 4.78 is 27.6. The smallest absolute Gasteiger partial charge is 0.270 e. The number of carbonyl (C=O) groups is 1. The second kappa shape index (κ2) is 9.96. The van der Waals surface area contributed by atoms with Crippen molar-refractivity contribution in [3.05, 3.63) is 93.4 Å². The van der Waals surface area contributed by atoms with E-state index in [9.17, 15) is 18.0 Å². The number of pyridine rings is 1. The molecule has 0 aliphatic carbocycles. The summed E-state index contributed by atoms with van der Waals surface area (Å²) in [7, 11) is -4.01. The molecule has 0 aliphatic rings. The Bertz CT molecular complexity index is 1260. The monoisotopic (exact) mass is 452 g/mol. The summed E-state index contributed by atoms with van der Waals surface area (Å²) in [6, 6.07) is 18.0. The van der Waals surface area contributed by atoms with Crippen LogP contribution in [0.5, 0.6) is 0 Å². The largest absolute Gasteiger partial charge is 0.355 e. The molecule has 1 N–H and O–H groups in total. The van der Waals surface area contributed by atoms with Crippen molar-refractivity contribution >= 4 is 15.7 Å². The quantitative estimate of drug-likeness (QED) is 0.531. The van der Waals surface area contributed by atoms with E-state index in [2.05, 4.69) is 5.32 Å². The van der Waals surface area contributed by atoms with Crippen molar-refractivity contribution in [1.29, 1.82) is 0 Å². The van der Waals surface area contributed by atoms with Gasteiger partial charge in [-0.2, -0.15) is 0 Å². The Labute approximate surface area is 188 Å². The van der Waals surface area contributed by atoms with Crippen LogP contribution in [0.15, 0.2) is 75.2 Å². The normalized spacial score (nSPS) is 11.3. The molecule has 0 saturated heterocycles. The zero-order valence-corrected chi connectivity index (χ0v) is 19.4. The van der Waals surface area contributed by atoms with Crippen molar-refractivity contribution in [3.8, 4) is 0 Å². The van der Waals surface area contributed by atoms with E-state index in [0.717, 1.165) is 18.4 Å². The van der Waals surface area contributed by atoms with Gasteiger partial charge in [-0.05, 0) is 62.9 Å². The van der Waals surface area contributed by atoms with Gasteiger partial charge in [-0.1, -0.05) is 48.0 Å². The van der Waals surface area contributed by atoms with Crippen molar-refractivity contribution in [2.24, 2.45) is 0 Å². The summed E-state index contributed by atoms with van der Waals surface area (Å²) in [5, 5.41) is 2.82. The topological polar surface area (TPSA) is 85.2 Å². The highest BCUT2D eigenvalue weighted by molar-refractivity contribution is 7.91. The van der Waals surface area contributed by atoms with E-state index in [0.29, 0.717) is 17.8 Å². The van der Waals surface area contributed by atoms with Gasteiger partial charge in [0.1, 0.15) is 11.4 Å². The third kappa shape index (κ3) is 5.34. The van der Waals surface area contributed by atoms with Crippen molar-refractivity contribution in [1.82, 2.24) is 9.88 Å². The van der Waals surface area contributed by atoms with Gasteiger partial charge in [0.2, 0.25) is 15.7 Å². The van der Waals surface area contributed by atoms with Crippen molar-refractivity contribution in [2.45, 2.75) is 49.9 Å². The van der Waals surface area contributed by atoms with E-state index in [1.165, 1.54) is 22.3 Å². The molecule has 0 radical (unpaired) electrons. The molecule has 0 saturated carbocycles. The van der Waals surface area contributed by atoms with Crippen LogP contribution in [0.1, 0.15) is 28.8 Å². The molecule has 0 unspecified atom stereocenters. The third-order valence-corrected chi connectivity index (χ3v) is 7.28. The number of nitrogens with one attached hydrogen (secondary N) is 1. The summed E-state index contributed by atoms with van der Waals surface area (Å²) in [4.78, 5) is 25.4. The Balaban J connectivity index is 1.77. The summed E-state index contributed by atoms with van der Waals surface area (Å²) in [5.74, 6) is -0.328. The molecule has 0 bridgehead atoms. The highest BCUT2D eigenvalue weighted by Gasteiger charge is 2.26. The SMILES string of the molecule is Cc1ccc(S(=O)(=O)c2c(C)cc(C)n(CC(=O)NCCCc3ccccc3)c2=O)cc1. The van der Waals surface area contributed by atoms with Crippen LogP contribution < -0.4 is 10.9 Å². The Morgan fingerprint density at radius 1 is 0.969 bits per heavy atom. The van der Waals surface area contributed by atoms with E-state index < -0.39 is 15.4 Å². The summed E-state index contributed by atoms with van der Waals surface area (Å²) in [6.45, 7) is 5.40. The Hall–Kier alpha value is -3.19. The summed E-state index contributed by atoms with van der Waals surface area (Å²) in [6.07, 6.45) is 1.61. The molecule has 0 atom stereocenters. The number of nitrogens with zero attached hydrogens (tertiary/aromatic N) is 1. The molecule has 6 nitrogen and oxygen atoms in total. The van der Waals surface area contributed by atoms with Crippen LogP contribution in [0.25, 0.3) is 0 Å². The first-order valence-electron chi connectivity index (χ1n) is 10.5. The summed E-state index contributed by atoms with van der Waals surface area (Å²) in [5.41, 5.74) is 2.34. The zero-order chi connectivity index (χ0) is 23.3. The van der Waals surface area contributed by atoms with Crippen LogP contribution in [0.3, 0.4) is 0 Å². The number of hydrogen-bond donors (Lipinski definition) is 1. The molecular weight excluding hydrogens is 424 g/mol. The van der Waals surface area contributed by atoms with Gasteiger partial charge >= 0.3 is 0 Å². The second-order valence-corrected chi connectivity index (χ2v) is 9.83. The average molecular weight is 453 g/mol. The molecule has 3 aromatic rings. The molecule has 2 aromatic carbocycles. The van der Waals surface area contributed by atoms with Gasteiger partial charge in [0.05, 0.1) is 4.90 Å². The van der Waals surface area contributed by atoms with Crippen LogP contribution in [0.2, 0.25) is 0 Å². The molecule has 1 amide bonds. The van der Waals surface area contributed by atoms with Crippen molar-refractivity contribution < 1.29 is 13.2 Å². The van der Waals surface area contributed by atoms with Gasteiger partial charge in [-0.3, -0.25) is 9.59 Å². The minimum Gasteiger partial charge on any atom is -0.355 e. The Kier molecular flexibility index (Phi) is 7.30. The predicted molar refractivity (Wildman–Crippen MR) is 125 cm³/mol. The lowest BCUT2D eigenvalue weighted by atomic mass is 10.1. The number of amides is 1. The fourth-order valence-corrected chi connectivity index (χ4v) is 5.18. The number of sulfone groups is 1. The van der Waals surface area contributed by atoms with Crippen LogP contribution in [0.4, 0.5) is 0 Å². The molecule has 3 rings (SSSR count). The average Bonchev–Trinajstić information content (AvgIpc) is 2.75. The zero-order valence-electron chi connectivity index (χ0n) is 18.6.